The summed E-state index contributed by atoms with van der Waals surface area (Å²) in [5.74, 6) is -2.82. The first kappa shape index (κ1) is 19.4. The molecule has 3 aliphatic rings. The van der Waals surface area contributed by atoms with Crippen LogP contribution in [0.2, 0.25) is 0 Å². The second-order valence-corrected chi connectivity index (χ2v) is 7.98. The van der Waals surface area contributed by atoms with E-state index >= 15 is 0 Å². The maximum absolute atomic E-state index is 13.9. The van der Waals surface area contributed by atoms with Crippen molar-refractivity contribution in [3.05, 3.63) is 59.4 Å². The molecule has 5 rings (SSSR count). The number of fused-ring (bicyclic) bond motifs is 5. The van der Waals surface area contributed by atoms with Gasteiger partial charge in [-0.25, -0.2) is 9.37 Å². The average Bonchev–Trinajstić information content (AvgIpc) is 3.15. The number of halogens is 5. The summed E-state index contributed by atoms with van der Waals surface area (Å²) < 4.78 is 71.7. The lowest BCUT2D eigenvalue weighted by Crippen LogP contribution is -2.44. The van der Waals surface area contributed by atoms with Crippen molar-refractivity contribution in [2.24, 2.45) is 5.41 Å². The fourth-order valence-corrected chi connectivity index (χ4v) is 5.28. The zero-order chi connectivity index (χ0) is 21.5. The van der Waals surface area contributed by atoms with E-state index in [1.807, 2.05) is 0 Å². The predicted molar refractivity (Wildman–Crippen MR) is 92.2 cm³/mol. The van der Waals surface area contributed by atoms with Crippen molar-refractivity contribution in [3.8, 4) is 0 Å². The van der Waals surface area contributed by atoms with Gasteiger partial charge in [0.1, 0.15) is 5.82 Å². The number of nitrogens with one attached hydrogen (secondary N) is 1. The van der Waals surface area contributed by atoms with Gasteiger partial charge in [0.25, 0.3) is 0 Å². The maximum atomic E-state index is 13.9. The molecule has 5 nitrogen and oxygen atoms in total. The molecule has 2 saturated heterocycles. The first-order chi connectivity index (χ1) is 14.1. The quantitative estimate of drug-likeness (QED) is 0.584. The van der Waals surface area contributed by atoms with Crippen LogP contribution in [-0.2, 0) is 21.1 Å². The van der Waals surface area contributed by atoms with Crippen molar-refractivity contribution in [2.45, 2.75) is 42.7 Å². The summed E-state index contributed by atoms with van der Waals surface area (Å²) in [4.78, 5) is 16.7. The largest absolute Gasteiger partial charge is 0.419 e. The molecule has 2 bridgehead atoms. The molecule has 3 fully saturated rings. The molecule has 3 heterocycles. The van der Waals surface area contributed by atoms with Crippen molar-refractivity contribution in [3.63, 3.8) is 0 Å². The van der Waals surface area contributed by atoms with Crippen molar-refractivity contribution in [2.75, 3.05) is 5.32 Å². The highest BCUT2D eigenvalue weighted by molar-refractivity contribution is 6.01. The Kier molecular flexibility index (Phi) is 3.86. The third kappa shape index (κ3) is 2.40. The Labute approximate surface area is 166 Å². The number of alkyl halides is 3. The van der Waals surface area contributed by atoms with Crippen LogP contribution < -0.4 is 5.32 Å². The number of aliphatic hydroxyl groups is 1. The molecule has 10 heteroatoms. The number of amides is 1. The van der Waals surface area contributed by atoms with E-state index < -0.39 is 58.6 Å². The Bertz CT molecular complexity index is 1060. The lowest BCUT2D eigenvalue weighted by molar-refractivity contribution is -0.140. The molecule has 2 aliphatic heterocycles. The molecule has 1 amide bonds. The molecular formula is C20H15F5N2O3. The first-order valence-electron chi connectivity index (χ1n) is 9.23. The van der Waals surface area contributed by atoms with Crippen LogP contribution in [-0.4, -0.2) is 34.3 Å². The molecule has 0 spiro atoms. The van der Waals surface area contributed by atoms with E-state index in [1.165, 1.54) is 12.3 Å². The van der Waals surface area contributed by atoms with Crippen molar-refractivity contribution in [1.29, 1.82) is 0 Å². The van der Waals surface area contributed by atoms with Crippen LogP contribution in [0, 0.1) is 17.2 Å². The zero-order valence-corrected chi connectivity index (χ0v) is 15.2. The van der Waals surface area contributed by atoms with E-state index in [0.717, 1.165) is 6.07 Å². The van der Waals surface area contributed by atoms with Gasteiger partial charge in [-0.05, 0) is 42.3 Å². The van der Waals surface area contributed by atoms with Gasteiger partial charge in [0.2, 0.25) is 11.9 Å². The lowest BCUT2D eigenvalue weighted by Gasteiger charge is -2.29. The number of aliphatic hydroxyl groups excluding tert-OH is 1. The molecule has 0 unspecified atom stereocenters. The Balaban J connectivity index is 1.48. The standard InChI is InChI=1S/C20H15F5N2O3/c21-12-6-10(1-2-11(12)20(23,24)25)27-17(29)19-8-18(19,9-3-4-26-15(22)5-9)16-13(28)7-14(19)30-16/h1-6,13-14,16,28H,7-8H2,(H,27,29)/t13-,14+,16-,18+,19+/m0/s1. The summed E-state index contributed by atoms with van der Waals surface area (Å²) >= 11 is 0. The minimum absolute atomic E-state index is 0.134. The van der Waals surface area contributed by atoms with Gasteiger partial charge >= 0.3 is 6.18 Å². The molecule has 2 aromatic rings. The Hall–Kier alpha value is -2.59. The van der Waals surface area contributed by atoms with Gasteiger partial charge in [-0.2, -0.15) is 17.6 Å². The fourth-order valence-electron chi connectivity index (χ4n) is 5.28. The van der Waals surface area contributed by atoms with Gasteiger partial charge in [0.15, 0.2) is 0 Å². The average molecular weight is 426 g/mol. The first-order valence-corrected chi connectivity index (χ1v) is 9.23. The normalized spacial score (nSPS) is 34.0. The number of anilines is 1. The van der Waals surface area contributed by atoms with Crippen LogP contribution in [0.1, 0.15) is 24.0 Å². The van der Waals surface area contributed by atoms with Crippen LogP contribution in [0.5, 0.6) is 0 Å². The third-order valence-corrected chi connectivity index (χ3v) is 6.56. The van der Waals surface area contributed by atoms with Gasteiger partial charge in [-0.15, -0.1) is 0 Å². The van der Waals surface area contributed by atoms with Gasteiger partial charge in [0.05, 0.1) is 29.3 Å². The molecule has 1 saturated carbocycles. The summed E-state index contributed by atoms with van der Waals surface area (Å²) in [5.41, 5.74) is -3.23. The number of aromatic nitrogens is 1. The molecule has 1 aromatic carbocycles. The molecule has 0 radical (unpaired) electrons. The van der Waals surface area contributed by atoms with Crippen molar-refractivity contribution < 1.29 is 36.6 Å². The number of benzene rings is 1. The number of carbonyl (C=O) groups is 1. The molecule has 158 valence electrons. The van der Waals surface area contributed by atoms with Gasteiger partial charge in [0, 0.05) is 23.7 Å². The zero-order valence-electron chi connectivity index (χ0n) is 15.2. The highest BCUT2D eigenvalue weighted by atomic mass is 19.4. The van der Waals surface area contributed by atoms with Gasteiger partial charge in [-0.1, -0.05) is 0 Å². The van der Waals surface area contributed by atoms with Gasteiger partial charge in [-0.3, -0.25) is 4.79 Å². The van der Waals surface area contributed by atoms with Crippen LogP contribution in [0.15, 0.2) is 36.5 Å². The fraction of sp³-hybridized carbons (Fsp3) is 0.400. The maximum Gasteiger partial charge on any atom is 0.419 e. The summed E-state index contributed by atoms with van der Waals surface area (Å²) in [6, 6.07) is 4.87. The predicted octanol–water partition coefficient (Wildman–Crippen LogP) is 3.18. The van der Waals surface area contributed by atoms with Crippen molar-refractivity contribution >= 4 is 11.6 Å². The van der Waals surface area contributed by atoms with E-state index in [2.05, 4.69) is 10.3 Å². The van der Waals surface area contributed by atoms with Crippen molar-refractivity contribution in [1.82, 2.24) is 4.98 Å². The lowest BCUT2D eigenvalue weighted by atomic mass is 9.74. The van der Waals surface area contributed by atoms with E-state index in [-0.39, 0.29) is 18.5 Å². The number of pyridine rings is 1. The number of nitrogens with zero attached hydrogens (tertiary/aromatic N) is 1. The van der Waals surface area contributed by atoms with Crippen LogP contribution in [0.25, 0.3) is 0 Å². The number of ether oxygens (including phenoxy) is 1. The minimum atomic E-state index is -4.85. The van der Waals surface area contributed by atoms with E-state index in [9.17, 15) is 31.9 Å². The SMILES string of the molecule is O=C(Nc1ccc(C(F)(F)F)c(F)c1)[C@]12C[C@@]1(c1ccnc(F)c1)[C@H]1O[C@@H]2C[C@@H]1O. The summed E-state index contributed by atoms with van der Waals surface area (Å²) in [5, 5.41) is 12.8. The summed E-state index contributed by atoms with van der Waals surface area (Å²) in [6.45, 7) is 0. The Morgan fingerprint density at radius 1 is 1.23 bits per heavy atom. The highest BCUT2D eigenvalue weighted by Crippen LogP contribution is 2.77. The number of rotatable bonds is 3. The molecule has 30 heavy (non-hydrogen) atoms. The second-order valence-electron chi connectivity index (χ2n) is 7.98. The third-order valence-electron chi connectivity index (χ3n) is 6.56. The number of carbonyl (C=O) groups excluding carboxylic acids is 1. The molecule has 1 aliphatic carbocycles. The number of hydrogen-bond acceptors (Lipinski definition) is 4. The molecule has 1 aromatic heterocycles. The summed E-state index contributed by atoms with van der Waals surface area (Å²) in [6.07, 6.45) is -5.33. The smallest absolute Gasteiger partial charge is 0.390 e. The van der Waals surface area contributed by atoms with Crippen LogP contribution in [0.3, 0.4) is 0 Å². The molecule has 2 N–H and O–H groups in total. The monoisotopic (exact) mass is 426 g/mol. The van der Waals surface area contributed by atoms with E-state index in [0.29, 0.717) is 17.7 Å². The number of hydrogen-bond donors (Lipinski definition) is 2. The highest BCUT2D eigenvalue weighted by Gasteiger charge is 2.87. The second kappa shape index (κ2) is 5.98. The van der Waals surface area contributed by atoms with E-state index in [1.54, 1.807) is 6.07 Å². The summed E-state index contributed by atoms with van der Waals surface area (Å²) in [7, 11) is 0. The topological polar surface area (TPSA) is 71.5 Å². The molecule has 5 atom stereocenters. The molecular weight excluding hydrogens is 411 g/mol. The van der Waals surface area contributed by atoms with Gasteiger partial charge < -0.3 is 15.2 Å². The minimum Gasteiger partial charge on any atom is -0.390 e. The Morgan fingerprint density at radius 2 is 2.00 bits per heavy atom. The van der Waals surface area contributed by atoms with Crippen LogP contribution in [0.4, 0.5) is 27.6 Å². The Morgan fingerprint density at radius 3 is 2.67 bits per heavy atom. The van der Waals surface area contributed by atoms with Crippen LogP contribution >= 0.6 is 0 Å². The van der Waals surface area contributed by atoms with E-state index in [4.69, 9.17) is 4.74 Å².